The highest BCUT2D eigenvalue weighted by atomic mass is 79.9. The fourth-order valence-electron chi connectivity index (χ4n) is 2.56. The monoisotopic (exact) mass is 367 g/mol. The maximum Gasteiger partial charge on any atom is 0.138 e. The van der Waals surface area contributed by atoms with Crippen molar-refractivity contribution < 1.29 is 4.74 Å². The van der Waals surface area contributed by atoms with Crippen molar-refractivity contribution in [3.05, 3.63) is 62.1 Å². The van der Waals surface area contributed by atoms with Crippen LogP contribution in [0.2, 0.25) is 5.02 Å². The lowest BCUT2D eigenvalue weighted by molar-refractivity contribution is 0.402. The summed E-state index contributed by atoms with van der Waals surface area (Å²) in [6.07, 6.45) is 0. The molecule has 0 aliphatic carbocycles. The Morgan fingerprint density at radius 3 is 2.48 bits per heavy atom. The lowest BCUT2D eigenvalue weighted by atomic mass is 9.93. The van der Waals surface area contributed by atoms with Gasteiger partial charge in [0.2, 0.25) is 0 Å². The van der Waals surface area contributed by atoms with E-state index in [9.17, 15) is 0 Å². The molecule has 0 saturated heterocycles. The van der Waals surface area contributed by atoms with Crippen molar-refractivity contribution in [2.45, 2.75) is 19.9 Å². The van der Waals surface area contributed by atoms with Crippen LogP contribution in [0.4, 0.5) is 0 Å². The molecular formula is C17H19BrClNO. The second kappa shape index (κ2) is 6.82. The van der Waals surface area contributed by atoms with E-state index in [1.54, 1.807) is 7.11 Å². The number of ether oxygens (including phenoxy) is 1. The SMILES string of the molecule is CNC(c1cc(C)ccc1C)c1cc(Cl)cc(Br)c1OC. The van der Waals surface area contributed by atoms with Gasteiger partial charge in [-0.25, -0.2) is 0 Å². The van der Waals surface area contributed by atoms with Crippen molar-refractivity contribution in [1.82, 2.24) is 5.32 Å². The van der Waals surface area contributed by atoms with Gasteiger partial charge in [0, 0.05) is 10.6 Å². The molecule has 0 aliphatic rings. The largest absolute Gasteiger partial charge is 0.495 e. The number of halogens is 2. The standard InChI is InChI=1S/C17H19BrClNO/c1-10-5-6-11(2)13(7-10)16(20-3)14-8-12(19)9-15(18)17(14)21-4/h5-9,16,20H,1-4H3. The fourth-order valence-corrected chi connectivity index (χ4v) is 3.56. The lowest BCUT2D eigenvalue weighted by Gasteiger charge is -2.23. The first-order chi connectivity index (χ1) is 9.97. The Hall–Kier alpha value is -1.03. The summed E-state index contributed by atoms with van der Waals surface area (Å²) >= 11 is 9.75. The van der Waals surface area contributed by atoms with Crippen molar-refractivity contribution in [1.29, 1.82) is 0 Å². The Bertz CT molecular complexity index is 657. The summed E-state index contributed by atoms with van der Waals surface area (Å²) in [5, 5.41) is 4.06. The Morgan fingerprint density at radius 1 is 1.14 bits per heavy atom. The molecule has 21 heavy (non-hydrogen) atoms. The molecule has 1 N–H and O–H groups in total. The van der Waals surface area contributed by atoms with Gasteiger partial charge in [0.25, 0.3) is 0 Å². The van der Waals surface area contributed by atoms with Crippen LogP contribution in [0, 0.1) is 13.8 Å². The Morgan fingerprint density at radius 2 is 1.86 bits per heavy atom. The van der Waals surface area contributed by atoms with Gasteiger partial charge in [0.1, 0.15) is 5.75 Å². The molecule has 2 nitrogen and oxygen atoms in total. The third kappa shape index (κ3) is 3.42. The zero-order chi connectivity index (χ0) is 15.6. The smallest absolute Gasteiger partial charge is 0.138 e. The molecule has 0 amide bonds. The summed E-state index contributed by atoms with van der Waals surface area (Å²) in [4.78, 5) is 0. The Labute approximate surface area is 139 Å². The summed E-state index contributed by atoms with van der Waals surface area (Å²) in [6, 6.07) is 10.3. The first-order valence-electron chi connectivity index (χ1n) is 6.75. The molecule has 0 aromatic heterocycles. The average molecular weight is 369 g/mol. The highest BCUT2D eigenvalue weighted by molar-refractivity contribution is 9.10. The summed E-state index contributed by atoms with van der Waals surface area (Å²) in [7, 11) is 3.62. The van der Waals surface area contributed by atoms with Gasteiger partial charge in [-0.05, 0) is 60.1 Å². The van der Waals surface area contributed by atoms with Gasteiger partial charge in [-0.2, -0.15) is 0 Å². The quantitative estimate of drug-likeness (QED) is 0.816. The molecule has 4 heteroatoms. The van der Waals surface area contributed by atoms with E-state index in [1.165, 1.54) is 16.7 Å². The number of benzene rings is 2. The van der Waals surface area contributed by atoms with Crippen LogP contribution in [-0.2, 0) is 0 Å². The minimum Gasteiger partial charge on any atom is -0.495 e. The van der Waals surface area contributed by atoms with E-state index >= 15 is 0 Å². The average Bonchev–Trinajstić information content (AvgIpc) is 2.43. The third-order valence-corrected chi connectivity index (χ3v) is 4.39. The number of hydrogen-bond donors (Lipinski definition) is 1. The zero-order valence-electron chi connectivity index (χ0n) is 12.6. The minimum atomic E-state index is 0.0230. The molecule has 112 valence electrons. The summed E-state index contributed by atoms with van der Waals surface area (Å²) in [6.45, 7) is 4.21. The van der Waals surface area contributed by atoms with Gasteiger partial charge in [0.15, 0.2) is 0 Å². The van der Waals surface area contributed by atoms with E-state index in [-0.39, 0.29) is 6.04 Å². The maximum atomic E-state index is 6.23. The molecule has 0 radical (unpaired) electrons. The van der Waals surface area contributed by atoms with Gasteiger partial charge in [0.05, 0.1) is 17.6 Å². The molecule has 0 spiro atoms. The topological polar surface area (TPSA) is 21.3 Å². The number of rotatable bonds is 4. The predicted molar refractivity (Wildman–Crippen MR) is 92.5 cm³/mol. The Kier molecular flexibility index (Phi) is 5.31. The van der Waals surface area contributed by atoms with Crippen LogP contribution in [-0.4, -0.2) is 14.2 Å². The molecule has 2 rings (SSSR count). The highest BCUT2D eigenvalue weighted by Crippen LogP contribution is 2.39. The van der Waals surface area contributed by atoms with Crippen molar-refractivity contribution in [2.24, 2.45) is 0 Å². The van der Waals surface area contributed by atoms with Crippen molar-refractivity contribution >= 4 is 27.5 Å². The predicted octanol–water partition coefficient (Wildman–Crippen LogP) is 5.04. The molecule has 1 unspecified atom stereocenters. The van der Waals surface area contributed by atoms with Crippen LogP contribution in [0.25, 0.3) is 0 Å². The van der Waals surface area contributed by atoms with Crippen LogP contribution < -0.4 is 10.1 Å². The number of nitrogens with one attached hydrogen (secondary N) is 1. The molecule has 0 heterocycles. The molecule has 2 aromatic rings. The Balaban J connectivity index is 2.64. The fraction of sp³-hybridized carbons (Fsp3) is 0.294. The third-order valence-electron chi connectivity index (χ3n) is 3.59. The van der Waals surface area contributed by atoms with Crippen LogP contribution >= 0.6 is 27.5 Å². The van der Waals surface area contributed by atoms with Gasteiger partial charge in [-0.1, -0.05) is 35.4 Å². The van der Waals surface area contributed by atoms with E-state index in [2.05, 4.69) is 53.3 Å². The molecule has 0 bridgehead atoms. The van der Waals surface area contributed by atoms with Crippen LogP contribution in [0.1, 0.15) is 28.3 Å². The van der Waals surface area contributed by atoms with E-state index in [4.69, 9.17) is 16.3 Å². The molecule has 2 aromatic carbocycles. The zero-order valence-corrected chi connectivity index (χ0v) is 15.0. The maximum absolute atomic E-state index is 6.23. The van der Waals surface area contributed by atoms with Crippen molar-refractivity contribution in [3.8, 4) is 5.75 Å². The van der Waals surface area contributed by atoms with Gasteiger partial charge in [-0.3, -0.25) is 0 Å². The molecule has 0 fully saturated rings. The summed E-state index contributed by atoms with van der Waals surface area (Å²) in [5.74, 6) is 0.805. The van der Waals surface area contributed by atoms with E-state index in [1.807, 2.05) is 19.2 Å². The molecule has 0 saturated carbocycles. The van der Waals surface area contributed by atoms with E-state index < -0.39 is 0 Å². The van der Waals surface area contributed by atoms with Crippen LogP contribution in [0.3, 0.4) is 0 Å². The van der Waals surface area contributed by atoms with Gasteiger partial charge in [-0.15, -0.1) is 0 Å². The van der Waals surface area contributed by atoms with Crippen LogP contribution in [0.15, 0.2) is 34.8 Å². The second-order valence-corrected chi connectivity index (χ2v) is 6.38. The number of methoxy groups -OCH3 is 1. The second-order valence-electron chi connectivity index (χ2n) is 5.09. The molecular weight excluding hydrogens is 350 g/mol. The number of hydrogen-bond acceptors (Lipinski definition) is 2. The number of aryl methyl sites for hydroxylation is 2. The van der Waals surface area contributed by atoms with Crippen LogP contribution in [0.5, 0.6) is 5.75 Å². The summed E-state index contributed by atoms with van der Waals surface area (Å²) in [5.41, 5.74) is 4.71. The first-order valence-corrected chi connectivity index (χ1v) is 7.92. The van der Waals surface area contributed by atoms with E-state index in [0.29, 0.717) is 5.02 Å². The molecule has 0 aliphatic heterocycles. The summed E-state index contributed by atoms with van der Waals surface area (Å²) < 4.78 is 6.42. The van der Waals surface area contributed by atoms with Gasteiger partial charge < -0.3 is 10.1 Å². The lowest BCUT2D eigenvalue weighted by Crippen LogP contribution is -2.19. The molecule has 1 atom stereocenters. The highest BCUT2D eigenvalue weighted by Gasteiger charge is 2.21. The van der Waals surface area contributed by atoms with Crippen molar-refractivity contribution in [3.63, 3.8) is 0 Å². The minimum absolute atomic E-state index is 0.0230. The van der Waals surface area contributed by atoms with Gasteiger partial charge >= 0.3 is 0 Å². The van der Waals surface area contributed by atoms with E-state index in [0.717, 1.165) is 15.8 Å². The first kappa shape index (κ1) is 16.3. The van der Waals surface area contributed by atoms with Crippen molar-refractivity contribution in [2.75, 3.05) is 14.2 Å². The normalized spacial score (nSPS) is 12.3.